The highest BCUT2D eigenvalue weighted by Gasteiger charge is 2.39. The summed E-state index contributed by atoms with van der Waals surface area (Å²) in [4.78, 5) is 47.1. The van der Waals surface area contributed by atoms with E-state index in [-0.39, 0.29) is 12.5 Å². The number of halogens is 9. The average Bonchev–Trinajstić information content (AvgIpc) is 3.04. The number of carboxylic acid groups (broad SMARTS) is 4. The predicted molar refractivity (Wildman–Crippen MR) is 167 cm³/mol. The van der Waals surface area contributed by atoms with E-state index in [1.165, 1.54) is 25.7 Å². The van der Waals surface area contributed by atoms with Gasteiger partial charge in [0.2, 0.25) is 0 Å². The Morgan fingerprint density at radius 3 is 1.79 bits per heavy atom. The molecule has 5 N–H and O–H groups in total. The van der Waals surface area contributed by atoms with Crippen molar-refractivity contribution < 1.29 is 89.0 Å². The maximum atomic E-state index is 11.5. The molecule has 2 atom stereocenters. The molecule has 1 fully saturated rings. The smallest absolute Gasteiger partial charge is 0.490 e. The Kier molecular flexibility index (Phi) is 20.7. The Hall–Kier alpha value is -4.44. The fourth-order valence-corrected chi connectivity index (χ4v) is 4.62. The number of aliphatic hydroxyl groups is 1. The number of fused-ring (bicyclic) bond motifs is 1. The molecule has 1 aromatic heterocycles. The Morgan fingerprint density at radius 2 is 1.34 bits per heavy atom. The molecular weight excluding hydrogens is 745 g/mol. The lowest BCUT2D eigenvalue weighted by Crippen LogP contribution is -2.54. The van der Waals surface area contributed by atoms with Crippen LogP contribution in [0.2, 0.25) is 0 Å². The van der Waals surface area contributed by atoms with Crippen molar-refractivity contribution in [2.24, 2.45) is 0 Å². The number of aromatic nitrogens is 1. The highest BCUT2D eigenvalue weighted by atomic mass is 19.4. The van der Waals surface area contributed by atoms with Crippen molar-refractivity contribution in [1.82, 2.24) is 14.8 Å². The SMILES string of the molecule is CCCCCCCN1CCN(CC(O)c2ccnc3ccc(OC)cc23)[C@H](CC(=O)O)C1.O=C(O)C(F)(F)F.O=C(O)C(F)(F)F.O=C(O)C(F)(F)F. The largest absolute Gasteiger partial charge is 0.497 e. The molecule has 53 heavy (non-hydrogen) atoms. The maximum Gasteiger partial charge on any atom is 0.490 e. The van der Waals surface area contributed by atoms with E-state index in [0.717, 1.165) is 54.8 Å². The first-order valence-corrected chi connectivity index (χ1v) is 15.5. The van der Waals surface area contributed by atoms with Crippen molar-refractivity contribution in [3.63, 3.8) is 0 Å². The van der Waals surface area contributed by atoms with Crippen LogP contribution in [0.4, 0.5) is 39.5 Å². The number of ether oxygens (including phenoxy) is 1. The topological polar surface area (TPSA) is 198 Å². The zero-order chi connectivity index (χ0) is 41.2. The van der Waals surface area contributed by atoms with Gasteiger partial charge in [-0.05, 0) is 42.8 Å². The summed E-state index contributed by atoms with van der Waals surface area (Å²) in [6.45, 7) is 6.04. The van der Waals surface area contributed by atoms with E-state index >= 15 is 0 Å². The fraction of sp³-hybridized carbons (Fsp3) is 0.581. The summed E-state index contributed by atoms with van der Waals surface area (Å²) in [6, 6.07) is 7.37. The third kappa shape index (κ3) is 19.8. The number of piperazine rings is 1. The number of unbranched alkanes of at least 4 members (excludes halogenated alkanes) is 4. The van der Waals surface area contributed by atoms with Gasteiger partial charge in [-0.1, -0.05) is 32.6 Å². The second-order valence-corrected chi connectivity index (χ2v) is 11.2. The first-order chi connectivity index (χ1) is 24.3. The second kappa shape index (κ2) is 22.6. The number of methoxy groups -OCH3 is 1. The third-order valence-electron chi connectivity index (χ3n) is 7.15. The molecule has 0 bridgehead atoms. The van der Waals surface area contributed by atoms with Crippen LogP contribution in [-0.2, 0) is 19.2 Å². The number of pyridine rings is 1. The van der Waals surface area contributed by atoms with Crippen LogP contribution in [-0.4, -0.2) is 129 Å². The molecular formula is C31H40F9N3O10. The van der Waals surface area contributed by atoms with E-state index in [1.54, 1.807) is 13.3 Å². The zero-order valence-corrected chi connectivity index (χ0v) is 28.3. The van der Waals surface area contributed by atoms with Gasteiger partial charge in [-0.25, -0.2) is 14.4 Å². The van der Waals surface area contributed by atoms with E-state index in [1.807, 2.05) is 24.3 Å². The van der Waals surface area contributed by atoms with E-state index < -0.39 is 48.5 Å². The summed E-state index contributed by atoms with van der Waals surface area (Å²) >= 11 is 0. The van der Waals surface area contributed by atoms with Crippen molar-refractivity contribution in [1.29, 1.82) is 0 Å². The summed E-state index contributed by atoms with van der Waals surface area (Å²) in [6.07, 6.45) is -8.01. The molecule has 0 amide bonds. The molecule has 2 heterocycles. The molecule has 0 radical (unpaired) electrons. The number of alkyl halides is 9. The fourth-order valence-electron chi connectivity index (χ4n) is 4.62. The van der Waals surface area contributed by atoms with Crippen molar-refractivity contribution in [2.75, 3.05) is 39.8 Å². The minimum absolute atomic E-state index is 0.0873. The predicted octanol–water partition coefficient (Wildman–Crippen LogP) is 5.61. The maximum absolute atomic E-state index is 11.5. The van der Waals surface area contributed by atoms with E-state index in [2.05, 4.69) is 21.7 Å². The van der Waals surface area contributed by atoms with Crippen molar-refractivity contribution in [3.05, 3.63) is 36.0 Å². The van der Waals surface area contributed by atoms with Crippen LogP contribution >= 0.6 is 0 Å². The van der Waals surface area contributed by atoms with E-state index in [0.29, 0.717) is 6.54 Å². The van der Waals surface area contributed by atoms with Gasteiger partial charge in [0.1, 0.15) is 5.75 Å². The number of nitrogens with zero attached hydrogens (tertiary/aromatic N) is 3. The van der Waals surface area contributed by atoms with Gasteiger partial charge >= 0.3 is 42.4 Å². The molecule has 0 saturated carbocycles. The van der Waals surface area contributed by atoms with Crippen LogP contribution in [0, 0.1) is 0 Å². The van der Waals surface area contributed by atoms with Gasteiger partial charge in [-0.3, -0.25) is 14.7 Å². The minimum Gasteiger partial charge on any atom is -0.497 e. The van der Waals surface area contributed by atoms with Crippen LogP contribution < -0.4 is 4.74 Å². The Labute approximate surface area is 296 Å². The average molecular weight is 786 g/mol. The number of benzene rings is 1. The summed E-state index contributed by atoms with van der Waals surface area (Å²) in [7, 11) is 1.62. The molecule has 13 nitrogen and oxygen atoms in total. The molecule has 1 aromatic carbocycles. The van der Waals surface area contributed by atoms with Crippen molar-refractivity contribution >= 4 is 34.8 Å². The number of carbonyl (C=O) groups is 4. The van der Waals surface area contributed by atoms with Crippen molar-refractivity contribution in [3.8, 4) is 5.75 Å². The van der Waals surface area contributed by atoms with Gasteiger partial charge in [-0.15, -0.1) is 0 Å². The number of carboxylic acids is 4. The number of aliphatic carboxylic acids is 4. The molecule has 1 aliphatic rings. The Balaban J connectivity index is 0.00000105. The van der Waals surface area contributed by atoms with Crippen molar-refractivity contribution in [2.45, 2.75) is 76.1 Å². The number of aliphatic hydroxyl groups excluding tert-OH is 1. The second-order valence-electron chi connectivity index (χ2n) is 11.2. The lowest BCUT2D eigenvalue weighted by molar-refractivity contribution is -0.193. The molecule has 0 aliphatic carbocycles. The lowest BCUT2D eigenvalue weighted by atomic mass is 10.0. The van der Waals surface area contributed by atoms with Gasteiger partial charge in [0.05, 0.1) is 25.2 Å². The van der Waals surface area contributed by atoms with Crippen LogP contribution in [0.1, 0.15) is 57.1 Å². The quantitative estimate of drug-likeness (QED) is 0.132. The molecule has 1 saturated heterocycles. The van der Waals surface area contributed by atoms with E-state index in [4.69, 9.17) is 34.4 Å². The third-order valence-corrected chi connectivity index (χ3v) is 7.15. The molecule has 2 aromatic rings. The van der Waals surface area contributed by atoms with Crippen LogP contribution in [0.3, 0.4) is 0 Å². The molecule has 302 valence electrons. The summed E-state index contributed by atoms with van der Waals surface area (Å²) in [5, 5.41) is 42.8. The molecule has 1 unspecified atom stereocenters. The number of rotatable bonds is 12. The Bertz CT molecular complexity index is 1400. The van der Waals surface area contributed by atoms with Gasteiger partial charge in [0.25, 0.3) is 0 Å². The van der Waals surface area contributed by atoms with Gasteiger partial charge in [-0.2, -0.15) is 39.5 Å². The molecule has 3 rings (SSSR count). The molecule has 0 spiro atoms. The number of β-amino-alcohol motifs (C(OH)–C–C–N with tert-alkyl or cyclic N) is 1. The van der Waals surface area contributed by atoms with Crippen LogP contribution in [0.5, 0.6) is 5.75 Å². The normalized spacial score (nSPS) is 15.7. The Morgan fingerprint density at radius 1 is 0.830 bits per heavy atom. The first kappa shape index (κ1) is 48.6. The highest BCUT2D eigenvalue weighted by Crippen LogP contribution is 2.28. The summed E-state index contributed by atoms with van der Waals surface area (Å²) in [5.41, 5.74) is 1.60. The number of hydrogen-bond acceptors (Lipinski definition) is 9. The lowest BCUT2D eigenvalue weighted by Gasteiger charge is -2.42. The van der Waals surface area contributed by atoms with Gasteiger partial charge < -0.3 is 35.2 Å². The van der Waals surface area contributed by atoms with Crippen LogP contribution in [0.25, 0.3) is 10.9 Å². The summed E-state index contributed by atoms with van der Waals surface area (Å²) in [5.74, 6) is -8.35. The first-order valence-electron chi connectivity index (χ1n) is 15.5. The zero-order valence-electron chi connectivity index (χ0n) is 28.3. The monoisotopic (exact) mass is 785 g/mol. The standard InChI is InChI=1S/C25H37N3O4.3C2HF3O2/c1-3-4-5-6-7-12-27-13-14-28(19(17-27)15-25(30)31)18-24(29)21-10-11-26-23-9-8-20(32-2)16-22(21)23;3*3-2(4,5)1(6)7/h8-11,16,19,24,29H,3-7,12-15,17-18H2,1-2H3,(H,30,31);3*(H,6,7)/t19-,24?;;;/m1.../s1. The van der Waals surface area contributed by atoms with E-state index in [9.17, 15) is 54.5 Å². The van der Waals surface area contributed by atoms with Gasteiger partial charge in [0.15, 0.2) is 0 Å². The highest BCUT2D eigenvalue weighted by molar-refractivity contribution is 5.84. The summed E-state index contributed by atoms with van der Waals surface area (Å²) < 4.78 is 101. The minimum atomic E-state index is -5.08. The molecule has 22 heteroatoms. The van der Waals surface area contributed by atoms with Crippen LogP contribution in [0.15, 0.2) is 30.5 Å². The molecule has 1 aliphatic heterocycles. The van der Waals surface area contributed by atoms with Gasteiger partial charge in [0, 0.05) is 43.8 Å². The number of hydrogen-bond donors (Lipinski definition) is 5.